The fourth-order valence-electron chi connectivity index (χ4n) is 4.81. The average Bonchev–Trinajstić information content (AvgIpc) is 3.48. The van der Waals surface area contributed by atoms with E-state index >= 15 is 0 Å². The van der Waals surface area contributed by atoms with Gasteiger partial charge in [-0.25, -0.2) is 14.2 Å². The van der Waals surface area contributed by atoms with E-state index in [1.165, 1.54) is 24.3 Å². The number of likely N-dealkylation sites (tertiary alicyclic amines) is 2. The molecule has 8 nitrogen and oxygen atoms in total. The van der Waals surface area contributed by atoms with E-state index in [0.717, 1.165) is 31.8 Å². The number of benzene rings is 1. The zero-order chi connectivity index (χ0) is 21.4. The maximum absolute atomic E-state index is 13.1. The van der Waals surface area contributed by atoms with Crippen molar-refractivity contribution in [3.8, 4) is 0 Å². The van der Waals surface area contributed by atoms with Crippen molar-refractivity contribution in [2.24, 2.45) is 0 Å². The van der Waals surface area contributed by atoms with Crippen molar-refractivity contribution in [2.45, 2.75) is 43.9 Å². The summed E-state index contributed by atoms with van der Waals surface area (Å²) in [6.07, 6.45) is 6.32. The summed E-state index contributed by atoms with van der Waals surface area (Å²) in [5, 5.41) is 2.81. The summed E-state index contributed by atoms with van der Waals surface area (Å²) < 4.78 is 21.6. The first-order chi connectivity index (χ1) is 15.0. The molecule has 1 aromatic carbocycles. The third kappa shape index (κ3) is 3.78. The van der Waals surface area contributed by atoms with Crippen molar-refractivity contribution in [1.29, 1.82) is 0 Å². The normalized spacial score (nSPS) is 22.4. The van der Waals surface area contributed by atoms with Gasteiger partial charge in [-0.05, 0) is 37.1 Å². The minimum Gasteiger partial charge on any atom is -0.352 e. The van der Waals surface area contributed by atoms with Crippen LogP contribution < -0.4 is 5.32 Å². The Bertz CT molecular complexity index is 962. The van der Waals surface area contributed by atoms with Crippen LogP contribution in [0, 0.1) is 5.82 Å². The van der Waals surface area contributed by atoms with Crippen LogP contribution in [0.3, 0.4) is 0 Å². The quantitative estimate of drug-likeness (QED) is 0.799. The SMILES string of the molecule is O=C(Nc1ccc(F)cc1)N1CCC2(CC1)O[C@H](C(=O)N1CCCC1)Cn1ccnc12. The summed E-state index contributed by atoms with van der Waals surface area (Å²) in [6, 6.07) is 5.47. The van der Waals surface area contributed by atoms with Gasteiger partial charge in [0.1, 0.15) is 17.2 Å². The molecule has 0 radical (unpaired) electrons. The maximum Gasteiger partial charge on any atom is 0.321 e. The average molecular weight is 427 g/mol. The number of piperidine rings is 1. The van der Waals surface area contributed by atoms with Gasteiger partial charge in [0.25, 0.3) is 5.91 Å². The first kappa shape index (κ1) is 20.0. The van der Waals surface area contributed by atoms with Crippen molar-refractivity contribution in [3.05, 3.63) is 48.3 Å². The van der Waals surface area contributed by atoms with E-state index in [2.05, 4.69) is 10.3 Å². The number of urea groups is 1. The number of imidazole rings is 1. The van der Waals surface area contributed by atoms with Crippen LogP contribution in [-0.2, 0) is 21.7 Å². The Balaban J connectivity index is 1.28. The van der Waals surface area contributed by atoms with Gasteiger partial charge in [-0.1, -0.05) is 0 Å². The molecule has 0 bridgehead atoms. The molecule has 1 spiro atoms. The molecular weight excluding hydrogens is 401 g/mol. The number of amides is 3. The molecule has 0 saturated carbocycles. The third-order valence-electron chi connectivity index (χ3n) is 6.50. The zero-order valence-corrected chi connectivity index (χ0v) is 17.3. The van der Waals surface area contributed by atoms with Gasteiger partial charge in [0.15, 0.2) is 6.10 Å². The molecule has 0 unspecified atom stereocenters. The predicted octanol–water partition coefficient (Wildman–Crippen LogP) is 2.57. The molecule has 1 N–H and O–H groups in total. The molecule has 5 rings (SSSR count). The number of nitrogens with one attached hydrogen (secondary N) is 1. The van der Waals surface area contributed by atoms with E-state index in [9.17, 15) is 14.0 Å². The topological polar surface area (TPSA) is 79.7 Å². The van der Waals surface area contributed by atoms with Crippen LogP contribution in [0.1, 0.15) is 31.5 Å². The number of aromatic nitrogens is 2. The predicted molar refractivity (Wildman–Crippen MR) is 111 cm³/mol. The molecular formula is C22H26FN5O3. The van der Waals surface area contributed by atoms with Gasteiger partial charge < -0.3 is 24.4 Å². The molecule has 2 aromatic rings. The molecule has 164 valence electrons. The Labute approximate surface area is 180 Å². The summed E-state index contributed by atoms with van der Waals surface area (Å²) in [5.74, 6) is 0.533. The van der Waals surface area contributed by atoms with Gasteiger partial charge >= 0.3 is 6.03 Å². The number of fused-ring (bicyclic) bond motifs is 2. The summed E-state index contributed by atoms with van der Waals surface area (Å²) in [4.78, 5) is 33.8. The van der Waals surface area contributed by atoms with E-state index in [-0.39, 0.29) is 17.8 Å². The second-order valence-electron chi connectivity index (χ2n) is 8.46. The molecule has 2 fully saturated rings. The van der Waals surface area contributed by atoms with Gasteiger partial charge in [0, 0.05) is 57.1 Å². The van der Waals surface area contributed by atoms with Crippen LogP contribution in [0.15, 0.2) is 36.7 Å². The lowest BCUT2D eigenvalue weighted by Gasteiger charge is -2.45. The van der Waals surface area contributed by atoms with E-state index < -0.39 is 11.7 Å². The fourth-order valence-corrected chi connectivity index (χ4v) is 4.81. The van der Waals surface area contributed by atoms with E-state index in [0.29, 0.717) is 38.2 Å². The smallest absolute Gasteiger partial charge is 0.321 e. The Morgan fingerprint density at radius 1 is 1.06 bits per heavy atom. The first-order valence-electron chi connectivity index (χ1n) is 10.8. The van der Waals surface area contributed by atoms with E-state index in [1.54, 1.807) is 11.1 Å². The summed E-state index contributed by atoms with van der Waals surface area (Å²) in [7, 11) is 0. The number of rotatable bonds is 2. The standard InChI is InChI=1S/C22H26FN5O3/c23-16-3-5-17(6-4-16)25-21(30)27-12-7-22(8-13-27)20-24-9-14-28(20)15-18(31-22)19(29)26-10-1-2-11-26/h3-6,9,14,18H,1-2,7-8,10-13,15H2,(H,25,30)/t18-/m0/s1. The number of hydrogen-bond donors (Lipinski definition) is 1. The molecule has 1 atom stereocenters. The van der Waals surface area contributed by atoms with Crippen molar-refractivity contribution >= 4 is 17.6 Å². The Hall–Kier alpha value is -2.94. The summed E-state index contributed by atoms with van der Waals surface area (Å²) in [6.45, 7) is 3.01. The van der Waals surface area contributed by atoms with Crippen LogP contribution in [0.25, 0.3) is 0 Å². The fraction of sp³-hybridized carbons (Fsp3) is 0.500. The number of nitrogens with zero attached hydrogens (tertiary/aromatic N) is 4. The lowest BCUT2D eigenvalue weighted by molar-refractivity contribution is -0.178. The van der Waals surface area contributed by atoms with Crippen LogP contribution in [0.5, 0.6) is 0 Å². The zero-order valence-electron chi connectivity index (χ0n) is 17.3. The number of carbonyl (C=O) groups is 2. The van der Waals surface area contributed by atoms with Crippen molar-refractivity contribution in [2.75, 3.05) is 31.5 Å². The maximum atomic E-state index is 13.1. The number of hydrogen-bond acceptors (Lipinski definition) is 4. The molecule has 0 aliphatic carbocycles. The highest BCUT2D eigenvalue weighted by atomic mass is 19.1. The van der Waals surface area contributed by atoms with Crippen molar-refractivity contribution in [3.63, 3.8) is 0 Å². The van der Waals surface area contributed by atoms with Crippen LogP contribution >= 0.6 is 0 Å². The molecule has 3 amide bonds. The van der Waals surface area contributed by atoms with E-state index in [1.807, 2.05) is 15.7 Å². The first-order valence-corrected chi connectivity index (χ1v) is 10.8. The van der Waals surface area contributed by atoms with Crippen LogP contribution in [0.4, 0.5) is 14.9 Å². The molecule has 3 aliphatic rings. The third-order valence-corrected chi connectivity index (χ3v) is 6.50. The van der Waals surface area contributed by atoms with Crippen molar-refractivity contribution in [1.82, 2.24) is 19.4 Å². The molecule has 3 aliphatic heterocycles. The number of ether oxygens (including phenoxy) is 1. The summed E-state index contributed by atoms with van der Waals surface area (Å²) in [5.41, 5.74) is -0.124. The van der Waals surface area contributed by atoms with Gasteiger partial charge in [-0.3, -0.25) is 4.79 Å². The second kappa shape index (κ2) is 7.96. The molecule has 4 heterocycles. The van der Waals surface area contributed by atoms with Crippen molar-refractivity contribution < 1.29 is 18.7 Å². The molecule has 2 saturated heterocycles. The Morgan fingerprint density at radius 3 is 2.48 bits per heavy atom. The number of anilines is 1. The van der Waals surface area contributed by atoms with Crippen LogP contribution in [-0.4, -0.2) is 63.6 Å². The highest BCUT2D eigenvalue weighted by molar-refractivity contribution is 5.89. The molecule has 1 aromatic heterocycles. The monoisotopic (exact) mass is 427 g/mol. The molecule has 9 heteroatoms. The van der Waals surface area contributed by atoms with Gasteiger partial charge in [-0.2, -0.15) is 0 Å². The Kier molecular flexibility index (Phi) is 5.13. The van der Waals surface area contributed by atoms with Gasteiger partial charge in [0.2, 0.25) is 0 Å². The highest BCUT2D eigenvalue weighted by Crippen LogP contribution is 2.40. The minimum absolute atomic E-state index is 0.0488. The number of carbonyl (C=O) groups excluding carboxylic acids is 2. The van der Waals surface area contributed by atoms with Gasteiger partial charge in [0.05, 0.1) is 6.54 Å². The lowest BCUT2D eigenvalue weighted by Crippen LogP contribution is -2.55. The Morgan fingerprint density at radius 2 is 1.77 bits per heavy atom. The molecule has 31 heavy (non-hydrogen) atoms. The van der Waals surface area contributed by atoms with Gasteiger partial charge in [-0.15, -0.1) is 0 Å². The summed E-state index contributed by atoms with van der Waals surface area (Å²) >= 11 is 0. The number of halogens is 1. The largest absolute Gasteiger partial charge is 0.352 e. The van der Waals surface area contributed by atoms with E-state index in [4.69, 9.17) is 4.74 Å². The minimum atomic E-state index is -0.672. The van der Waals surface area contributed by atoms with Crippen LogP contribution in [0.2, 0.25) is 0 Å². The lowest BCUT2D eigenvalue weighted by atomic mass is 9.88. The highest BCUT2D eigenvalue weighted by Gasteiger charge is 2.48. The second-order valence-corrected chi connectivity index (χ2v) is 8.46.